The predicted octanol–water partition coefficient (Wildman–Crippen LogP) is 16.9. The lowest BCUT2D eigenvalue weighted by atomic mass is 9.92. The zero-order valence-corrected chi connectivity index (χ0v) is 40.4. The third-order valence-electron chi connectivity index (χ3n) is 12.5. The summed E-state index contributed by atoms with van der Waals surface area (Å²) in [4.78, 5) is 37.3. The molecular formula is C53H102O6. The molecule has 0 radical (unpaired) electrons. The normalized spacial score (nSPS) is 11.6. The molecule has 0 saturated heterocycles. The summed E-state index contributed by atoms with van der Waals surface area (Å²) in [5, 5.41) is 0. The Labute approximate surface area is 368 Å². The number of hydrogen-bond acceptors (Lipinski definition) is 6. The van der Waals surface area contributed by atoms with Gasteiger partial charge in [-0.25, -0.2) is 0 Å². The molecule has 0 bridgehead atoms. The van der Waals surface area contributed by atoms with Gasteiger partial charge in [-0.1, -0.05) is 214 Å². The Bertz CT molecular complexity index is 824. The molecule has 0 aromatic carbocycles. The van der Waals surface area contributed by atoms with Gasteiger partial charge in [-0.2, -0.15) is 0 Å². The average molecular weight is 835 g/mol. The maximum absolute atomic E-state index is 12.6. The highest BCUT2D eigenvalue weighted by molar-refractivity contribution is 5.70. The molecule has 0 fully saturated rings. The van der Waals surface area contributed by atoms with E-state index in [0.29, 0.717) is 44.3 Å². The zero-order valence-electron chi connectivity index (χ0n) is 40.4. The van der Waals surface area contributed by atoms with Gasteiger partial charge in [0.15, 0.2) is 0 Å². The van der Waals surface area contributed by atoms with Crippen molar-refractivity contribution in [2.45, 2.75) is 298 Å². The van der Waals surface area contributed by atoms with Gasteiger partial charge in [0.05, 0.1) is 13.2 Å². The van der Waals surface area contributed by atoms with Gasteiger partial charge in [0, 0.05) is 19.3 Å². The second kappa shape index (κ2) is 45.9. The Morgan fingerprint density at radius 2 is 0.576 bits per heavy atom. The Balaban J connectivity index is 4.16. The Hall–Kier alpha value is -1.59. The van der Waals surface area contributed by atoms with Crippen LogP contribution in [0.4, 0.5) is 0 Å². The number of rotatable bonds is 47. The van der Waals surface area contributed by atoms with Gasteiger partial charge in [-0.3, -0.25) is 14.4 Å². The molecule has 6 nitrogen and oxygen atoms in total. The smallest absolute Gasteiger partial charge is 0.306 e. The van der Waals surface area contributed by atoms with Crippen molar-refractivity contribution < 1.29 is 28.6 Å². The van der Waals surface area contributed by atoms with Gasteiger partial charge >= 0.3 is 17.9 Å². The van der Waals surface area contributed by atoms with Crippen molar-refractivity contribution in [1.82, 2.24) is 0 Å². The predicted molar refractivity (Wildman–Crippen MR) is 252 cm³/mol. The van der Waals surface area contributed by atoms with E-state index >= 15 is 0 Å². The third-order valence-corrected chi connectivity index (χ3v) is 12.5. The quantitative estimate of drug-likeness (QED) is 0.0345. The van der Waals surface area contributed by atoms with Crippen LogP contribution < -0.4 is 0 Å². The molecule has 0 aliphatic rings. The summed E-state index contributed by atoms with van der Waals surface area (Å²) in [6.07, 6.45) is 45.2. The lowest BCUT2D eigenvalue weighted by Gasteiger charge is -2.18. The second-order valence-electron chi connectivity index (χ2n) is 18.3. The number of ether oxygens (including phenoxy) is 3. The van der Waals surface area contributed by atoms with Crippen molar-refractivity contribution in [3.63, 3.8) is 0 Å². The topological polar surface area (TPSA) is 78.9 Å². The van der Waals surface area contributed by atoms with Crippen molar-refractivity contribution >= 4 is 17.9 Å². The molecule has 0 rings (SSSR count). The van der Waals surface area contributed by atoms with E-state index in [1.54, 1.807) is 0 Å². The molecule has 0 aliphatic heterocycles. The molecule has 0 spiro atoms. The summed E-state index contributed by atoms with van der Waals surface area (Å²) >= 11 is 0. The van der Waals surface area contributed by atoms with E-state index in [9.17, 15) is 14.4 Å². The van der Waals surface area contributed by atoms with Gasteiger partial charge < -0.3 is 14.2 Å². The van der Waals surface area contributed by atoms with Crippen molar-refractivity contribution in [1.29, 1.82) is 0 Å². The molecule has 59 heavy (non-hydrogen) atoms. The zero-order chi connectivity index (χ0) is 43.3. The number of unbranched alkanes of at least 4 members (excludes halogenated alkanes) is 22. The maximum atomic E-state index is 12.6. The standard InChI is InChI=1S/C53H102O6/c1-6-11-26-35-48(36-27-12-7-2)44-46-57-51(54)41-33-24-20-16-18-22-31-39-50(59-53(56)43-30-15-10-5)40-32-23-19-17-21-25-34-42-52(55)58-47-45-49(37-28-13-8-3)38-29-14-9-4/h48-50H,6-47H2,1-5H3. The Morgan fingerprint density at radius 3 is 0.932 bits per heavy atom. The summed E-state index contributed by atoms with van der Waals surface area (Å²) in [5.74, 6) is 1.37. The van der Waals surface area contributed by atoms with Crippen LogP contribution in [0.3, 0.4) is 0 Å². The fourth-order valence-corrected chi connectivity index (χ4v) is 8.50. The number of hydrogen-bond donors (Lipinski definition) is 0. The maximum Gasteiger partial charge on any atom is 0.306 e. The molecule has 350 valence electrons. The first kappa shape index (κ1) is 57.4. The van der Waals surface area contributed by atoms with Crippen LogP contribution in [0, 0.1) is 11.8 Å². The Morgan fingerprint density at radius 1 is 0.305 bits per heavy atom. The van der Waals surface area contributed by atoms with E-state index in [0.717, 1.165) is 83.5 Å². The second-order valence-corrected chi connectivity index (χ2v) is 18.3. The molecule has 6 heteroatoms. The molecule has 0 atom stereocenters. The van der Waals surface area contributed by atoms with Crippen molar-refractivity contribution in [3.8, 4) is 0 Å². The Kier molecular flexibility index (Phi) is 44.7. The largest absolute Gasteiger partial charge is 0.466 e. The third kappa shape index (κ3) is 41.5. The molecule has 0 saturated carbocycles. The minimum atomic E-state index is -0.0157. The molecule has 0 aliphatic carbocycles. The summed E-state index contributed by atoms with van der Waals surface area (Å²) < 4.78 is 17.3. The van der Waals surface area contributed by atoms with Gasteiger partial charge in [-0.15, -0.1) is 0 Å². The van der Waals surface area contributed by atoms with Crippen molar-refractivity contribution in [2.75, 3.05) is 13.2 Å². The molecular weight excluding hydrogens is 733 g/mol. The number of carbonyl (C=O) groups is 3. The van der Waals surface area contributed by atoms with Gasteiger partial charge in [0.25, 0.3) is 0 Å². The summed E-state index contributed by atoms with van der Waals surface area (Å²) in [7, 11) is 0. The number of esters is 3. The summed E-state index contributed by atoms with van der Waals surface area (Å²) in [5.41, 5.74) is 0. The van der Waals surface area contributed by atoms with Gasteiger partial charge in [-0.05, 0) is 69.6 Å². The van der Waals surface area contributed by atoms with Gasteiger partial charge in [0.2, 0.25) is 0 Å². The highest BCUT2D eigenvalue weighted by Crippen LogP contribution is 2.23. The minimum absolute atomic E-state index is 0.0141. The fraction of sp³-hybridized carbons (Fsp3) is 0.943. The van der Waals surface area contributed by atoms with Crippen LogP contribution in [0.5, 0.6) is 0 Å². The van der Waals surface area contributed by atoms with E-state index in [-0.39, 0.29) is 24.0 Å². The van der Waals surface area contributed by atoms with E-state index in [2.05, 4.69) is 34.6 Å². The monoisotopic (exact) mass is 835 g/mol. The van der Waals surface area contributed by atoms with Crippen LogP contribution >= 0.6 is 0 Å². The van der Waals surface area contributed by atoms with Crippen LogP contribution in [0.25, 0.3) is 0 Å². The highest BCUT2D eigenvalue weighted by atomic mass is 16.5. The SMILES string of the molecule is CCCCCC(=O)OC(CCCCCCCCCC(=O)OCCC(CCCCC)CCCCC)CCCCCCCCCC(=O)OCCC(CCCCC)CCCCC. The van der Waals surface area contributed by atoms with E-state index < -0.39 is 0 Å². The highest BCUT2D eigenvalue weighted by Gasteiger charge is 2.15. The molecule has 0 heterocycles. The van der Waals surface area contributed by atoms with E-state index in [4.69, 9.17) is 14.2 Å². The van der Waals surface area contributed by atoms with Crippen molar-refractivity contribution in [3.05, 3.63) is 0 Å². The first-order chi connectivity index (χ1) is 28.9. The minimum Gasteiger partial charge on any atom is -0.466 e. The van der Waals surface area contributed by atoms with Crippen LogP contribution in [0.2, 0.25) is 0 Å². The van der Waals surface area contributed by atoms with E-state index in [1.807, 2.05) is 0 Å². The average Bonchev–Trinajstić information content (AvgIpc) is 3.22. The lowest BCUT2D eigenvalue weighted by molar-refractivity contribution is -0.150. The molecule has 0 amide bonds. The molecule has 0 aromatic heterocycles. The van der Waals surface area contributed by atoms with Crippen LogP contribution in [0.15, 0.2) is 0 Å². The van der Waals surface area contributed by atoms with Crippen LogP contribution in [-0.4, -0.2) is 37.2 Å². The molecule has 0 aromatic rings. The van der Waals surface area contributed by atoms with Crippen LogP contribution in [-0.2, 0) is 28.6 Å². The first-order valence-corrected chi connectivity index (χ1v) is 26.4. The first-order valence-electron chi connectivity index (χ1n) is 26.4. The molecule has 0 N–H and O–H groups in total. The number of carbonyl (C=O) groups excluding carboxylic acids is 3. The van der Waals surface area contributed by atoms with E-state index in [1.165, 1.54) is 154 Å². The lowest BCUT2D eigenvalue weighted by Crippen LogP contribution is -2.18. The fourth-order valence-electron chi connectivity index (χ4n) is 8.50. The molecule has 0 unspecified atom stereocenters. The van der Waals surface area contributed by atoms with Gasteiger partial charge in [0.1, 0.15) is 6.10 Å². The van der Waals surface area contributed by atoms with Crippen LogP contribution in [0.1, 0.15) is 291 Å². The summed E-state index contributed by atoms with van der Waals surface area (Å²) in [6, 6.07) is 0. The van der Waals surface area contributed by atoms with Crippen molar-refractivity contribution in [2.24, 2.45) is 11.8 Å². The summed E-state index contributed by atoms with van der Waals surface area (Å²) in [6.45, 7) is 12.4.